The number of halogens is 6. The van der Waals surface area contributed by atoms with Crippen LogP contribution in [0.3, 0.4) is 0 Å². The number of hydrogen-bond acceptors (Lipinski definition) is 6. The van der Waals surface area contributed by atoms with Gasteiger partial charge in [0.05, 0.1) is 29.5 Å². The summed E-state index contributed by atoms with van der Waals surface area (Å²) < 4.78 is 89.3. The van der Waals surface area contributed by atoms with Crippen LogP contribution in [0.1, 0.15) is 27.4 Å². The van der Waals surface area contributed by atoms with Crippen molar-refractivity contribution in [3.8, 4) is 11.4 Å². The summed E-state index contributed by atoms with van der Waals surface area (Å²) in [6.45, 7) is -0.338. The van der Waals surface area contributed by atoms with Crippen LogP contribution in [0.25, 0.3) is 11.4 Å². The maximum absolute atomic E-state index is 13.6. The zero-order chi connectivity index (χ0) is 25.2. The first-order valence-electron chi connectivity index (χ1n) is 9.79. The molecule has 0 unspecified atom stereocenters. The van der Waals surface area contributed by atoms with Gasteiger partial charge < -0.3 is 19.6 Å². The molecule has 0 spiro atoms. The zero-order valence-corrected chi connectivity index (χ0v) is 17.4. The fourth-order valence-electron chi connectivity index (χ4n) is 3.06. The predicted octanol–water partition coefficient (Wildman–Crippen LogP) is 6.23. The van der Waals surface area contributed by atoms with Crippen molar-refractivity contribution in [1.29, 1.82) is 0 Å². The number of nitrogens with one attached hydrogen (secondary N) is 2. The van der Waals surface area contributed by atoms with E-state index in [-0.39, 0.29) is 40.8 Å². The van der Waals surface area contributed by atoms with Crippen LogP contribution >= 0.6 is 0 Å². The summed E-state index contributed by atoms with van der Waals surface area (Å²) in [5.74, 6) is -0.954. The van der Waals surface area contributed by atoms with Crippen LogP contribution in [0.4, 0.5) is 37.7 Å². The summed E-state index contributed by atoms with van der Waals surface area (Å²) >= 11 is 0. The van der Waals surface area contributed by atoms with E-state index in [2.05, 4.69) is 20.8 Å². The van der Waals surface area contributed by atoms with E-state index in [9.17, 15) is 31.1 Å². The number of furan rings is 1. The maximum atomic E-state index is 13.6. The third-order valence-corrected chi connectivity index (χ3v) is 4.71. The Kier molecular flexibility index (Phi) is 6.24. The second kappa shape index (κ2) is 9.16. The molecule has 2 aromatic carbocycles. The van der Waals surface area contributed by atoms with E-state index in [4.69, 9.17) is 8.94 Å². The van der Waals surface area contributed by atoms with Crippen LogP contribution in [-0.4, -0.2) is 16.0 Å². The van der Waals surface area contributed by atoms with Gasteiger partial charge in [-0.25, -0.2) is 0 Å². The molecular formula is C22H14F6N4O3. The minimum Gasteiger partial charge on any atom is -0.472 e. The van der Waals surface area contributed by atoms with Gasteiger partial charge in [-0.05, 0) is 36.4 Å². The van der Waals surface area contributed by atoms with Crippen LogP contribution in [0.2, 0.25) is 0 Å². The van der Waals surface area contributed by atoms with Crippen molar-refractivity contribution in [2.75, 3.05) is 10.6 Å². The van der Waals surface area contributed by atoms with Gasteiger partial charge in [0.2, 0.25) is 11.7 Å². The normalized spacial score (nSPS) is 11.9. The molecule has 0 saturated heterocycles. The van der Waals surface area contributed by atoms with E-state index in [1.54, 1.807) is 0 Å². The Hall–Kier alpha value is -4.29. The summed E-state index contributed by atoms with van der Waals surface area (Å²) in [4.78, 5) is 16.0. The molecule has 0 fully saturated rings. The van der Waals surface area contributed by atoms with Crippen LogP contribution in [0.5, 0.6) is 0 Å². The van der Waals surface area contributed by atoms with Gasteiger partial charge in [-0.15, -0.1) is 0 Å². The fourth-order valence-corrected chi connectivity index (χ4v) is 3.06. The maximum Gasteiger partial charge on any atom is 0.418 e. The first kappa shape index (κ1) is 23.9. The molecular weight excluding hydrogens is 482 g/mol. The Morgan fingerprint density at radius 2 is 1.77 bits per heavy atom. The molecule has 0 atom stereocenters. The highest BCUT2D eigenvalue weighted by Gasteiger charge is 2.34. The number of hydrogen-bond donors (Lipinski definition) is 2. The van der Waals surface area contributed by atoms with Gasteiger partial charge in [0.1, 0.15) is 6.26 Å². The molecule has 4 rings (SSSR count). The molecule has 1 amide bonds. The van der Waals surface area contributed by atoms with Crippen LogP contribution in [-0.2, 0) is 18.9 Å². The highest BCUT2D eigenvalue weighted by atomic mass is 19.4. The molecule has 0 aliphatic rings. The van der Waals surface area contributed by atoms with Crippen molar-refractivity contribution in [2.24, 2.45) is 0 Å². The first-order valence-corrected chi connectivity index (χ1v) is 9.79. The largest absolute Gasteiger partial charge is 0.472 e. The number of rotatable bonds is 6. The number of benzene rings is 2. The van der Waals surface area contributed by atoms with Gasteiger partial charge in [0.15, 0.2) is 0 Å². The highest BCUT2D eigenvalue weighted by molar-refractivity contribution is 6.04. The lowest BCUT2D eigenvalue weighted by Crippen LogP contribution is -2.14. The number of carbonyl (C=O) groups excluding carboxylic acids is 1. The molecule has 0 saturated carbocycles. The summed E-state index contributed by atoms with van der Waals surface area (Å²) in [5, 5.41) is 8.46. The van der Waals surface area contributed by atoms with Crippen molar-refractivity contribution in [1.82, 2.24) is 10.1 Å². The van der Waals surface area contributed by atoms with E-state index in [0.29, 0.717) is 0 Å². The van der Waals surface area contributed by atoms with E-state index in [0.717, 1.165) is 30.5 Å². The number of amides is 1. The van der Waals surface area contributed by atoms with E-state index >= 15 is 0 Å². The lowest BCUT2D eigenvalue weighted by atomic mass is 10.1. The van der Waals surface area contributed by atoms with Crippen LogP contribution < -0.4 is 10.6 Å². The average Bonchev–Trinajstić information content (AvgIpc) is 3.50. The smallest absolute Gasteiger partial charge is 0.418 e. The van der Waals surface area contributed by atoms with Gasteiger partial charge >= 0.3 is 12.4 Å². The first-order chi connectivity index (χ1) is 16.5. The second-order valence-corrected chi connectivity index (χ2v) is 7.17. The van der Waals surface area contributed by atoms with E-state index in [1.165, 1.54) is 30.5 Å². The molecule has 4 aromatic rings. The van der Waals surface area contributed by atoms with Gasteiger partial charge in [-0.3, -0.25) is 4.79 Å². The molecule has 2 aromatic heterocycles. The average molecular weight is 496 g/mol. The Bertz CT molecular complexity index is 1330. The van der Waals surface area contributed by atoms with Gasteiger partial charge in [-0.1, -0.05) is 17.3 Å². The third-order valence-electron chi connectivity index (χ3n) is 4.71. The second-order valence-electron chi connectivity index (χ2n) is 7.17. The number of nitrogens with zero attached hydrogens (tertiary/aromatic N) is 2. The third kappa shape index (κ3) is 5.62. The van der Waals surface area contributed by atoms with Gasteiger partial charge in [-0.2, -0.15) is 31.3 Å². The van der Waals surface area contributed by atoms with Crippen LogP contribution in [0.15, 0.2) is 70.0 Å². The minimum absolute atomic E-state index is 0.0310. The Labute approximate surface area is 192 Å². The van der Waals surface area contributed by atoms with Crippen molar-refractivity contribution >= 4 is 17.3 Å². The monoisotopic (exact) mass is 496 g/mol. The molecule has 7 nitrogen and oxygen atoms in total. The molecule has 0 aliphatic heterocycles. The number of aromatic nitrogens is 2. The molecule has 2 heterocycles. The Balaban J connectivity index is 1.50. The standard InChI is InChI=1S/C22H14F6N4O3/c23-21(24,25)14-3-1-2-12(8-14)19-31-18(35-32-19)10-29-17-5-4-15(9-16(17)22(26,27)28)30-20(33)13-6-7-34-11-13/h1-9,11,29H,10H2,(H,30,33). The summed E-state index contributed by atoms with van der Waals surface area (Å²) in [7, 11) is 0. The minimum atomic E-state index is -4.77. The van der Waals surface area contributed by atoms with Crippen molar-refractivity contribution in [2.45, 2.75) is 18.9 Å². The molecule has 0 bridgehead atoms. The Morgan fingerprint density at radius 3 is 2.46 bits per heavy atom. The van der Waals surface area contributed by atoms with Crippen molar-refractivity contribution < 1.29 is 40.1 Å². The highest BCUT2D eigenvalue weighted by Crippen LogP contribution is 2.37. The number of alkyl halides is 6. The molecule has 182 valence electrons. The fraction of sp³-hybridized carbons (Fsp3) is 0.136. The number of carbonyl (C=O) groups is 1. The molecule has 13 heteroatoms. The summed E-state index contributed by atoms with van der Waals surface area (Å²) in [6, 6.07) is 8.71. The lowest BCUT2D eigenvalue weighted by molar-refractivity contribution is -0.138. The van der Waals surface area contributed by atoms with Crippen molar-refractivity contribution in [3.05, 3.63) is 83.6 Å². The molecule has 0 aliphatic carbocycles. The summed E-state index contributed by atoms with van der Waals surface area (Å²) in [6.07, 6.45) is -6.94. The topological polar surface area (TPSA) is 93.2 Å². The molecule has 2 N–H and O–H groups in total. The summed E-state index contributed by atoms with van der Waals surface area (Å²) in [5.41, 5.74) is -2.25. The van der Waals surface area contributed by atoms with Crippen molar-refractivity contribution in [3.63, 3.8) is 0 Å². The molecule has 0 radical (unpaired) electrons. The van der Waals surface area contributed by atoms with Gasteiger partial charge in [0, 0.05) is 16.9 Å². The SMILES string of the molecule is O=C(Nc1ccc(NCc2nc(-c3cccc(C(F)(F)F)c3)no2)c(C(F)(F)F)c1)c1ccoc1. The van der Waals surface area contributed by atoms with Crippen LogP contribution in [0, 0.1) is 0 Å². The molecule has 35 heavy (non-hydrogen) atoms. The zero-order valence-electron chi connectivity index (χ0n) is 17.4. The van der Waals surface area contributed by atoms with Gasteiger partial charge in [0.25, 0.3) is 5.91 Å². The van der Waals surface area contributed by atoms with E-state index in [1.807, 2.05) is 0 Å². The Morgan fingerprint density at radius 1 is 0.971 bits per heavy atom. The lowest BCUT2D eigenvalue weighted by Gasteiger charge is -2.15. The quantitative estimate of drug-likeness (QED) is 0.308. The van der Waals surface area contributed by atoms with E-state index < -0.39 is 29.4 Å². The number of anilines is 2. The predicted molar refractivity (Wildman–Crippen MR) is 110 cm³/mol.